The maximum Gasteiger partial charge on any atom is 0.182 e. The van der Waals surface area contributed by atoms with Gasteiger partial charge >= 0.3 is 0 Å². The molecule has 0 fully saturated rings. The molecule has 0 spiro atoms. The Balaban J connectivity index is 1.83. The van der Waals surface area contributed by atoms with Crippen molar-refractivity contribution in [2.24, 2.45) is 0 Å². The van der Waals surface area contributed by atoms with E-state index in [0.717, 1.165) is 11.4 Å². The summed E-state index contributed by atoms with van der Waals surface area (Å²) >= 11 is 0. The number of rotatable bonds is 5. The zero-order chi connectivity index (χ0) is 19.3. The highest BCUT2D eigenvalue weighted by atomic mass is 19.2. The van der Waals surface area contributed by atoms with Crippen LogP contribution in [-0.4, -0.2) is 0 Å². The van der Waals surface area contributed by atoms with E-state index in [1.165, 1.54) is 6.07 Å². The van der Waals surface area contributed by atoms with E-state index in [9.17, 15) is 8.78 Å². The molecule has 0 aromatic heterocycles. The fourth-order valence-electron chi connectivity index (χ4n) is 3.07. The molecule has 4 aromatic rings. The summed E-state index contributed by atoms with van der Waals surface area (Å²) in [6.07, 6.45) is 0. The molecule has 138 valence electrons. The van der Waals surface area contributed by atoms with E-state index < -0.39 is 11.6 Å². The summed E-state index contributed by atoms with van der Waals surface area (Å²) in [5.41, 5.74) is 2.99. The van der Waals surface area contributed by atoms with Crippen LogP contribution in [0.3, 0.4) is 0 Å². The van der Waals surface area contributed by atoms with E-state index >= 15 is 0 Å². The monoisotopic (exact) mass is 372 g/mol. The summed E-state index contributed by atoms with van der Waals surface area (Å²) in [5, 5.41) is 2.97. The smallest absolute Gasteiger partial charge is 0.182 e. The van der Waals surface area contributed by atoms with Crippen molar-refractivity contribution >= 4 is 28.4 Å². The Hall–Kier alpha value is -3.66. The lowest BCUT2D eigenvalue weighted by atomic mass is 10.1. The molecule has 0 aliphatic rings. The first-order valence-electron chi connectivity index (χ1n) is 8.94. The number of hydrogen-bond donors (Lipinski definition) is 1. The van der Waals surface area contributed by atoms with Crippen molar-refractivity contribution in [3.63, 3.8) is 0 Å². The minimum absolute atomic E-state index is 0.0815. The van der Waals surface area contributed by atoms with Crippen molar-refractivity contribution in [3.05, 3.63) is 115 Å². The van der Waals surface area contributed by atoms with Crippen molar-refractivity contribution in [2.75, 3.05) is 10.2 Å². The van der Waals surface area contributed by atoms with Crippen LogP contribution in [0.4, 0.5) is 37.2 Å². The van der Waals surface area contributed by atoms with Crippen molar-refractivity contribution in [1.29, 1.82) is 0 Å². The number of benzene rings is 4. The van der Waals surface area contributed by atoms with Crippen LogP contribution in [0.1, 0.15) is 0 Å². The van der Waals surface area contributed by atoms with Crippen molar-refractivity contribution in [2.45, 2.75) is 0 Å². The van der Waals surface area contributed by atoms with Gasteiger partial charge < -0.3 is 10.2 Å². The molecule has 0 saturated carbocycles. The maximum atomic E-state index is 14.5. The van der Waals surface area contributed by atoms with Gasteiger partial charge in [-0.2, -0.15) is 0 Å². The molecule has 28 heavy (non-hydrogen) atoms. The summed E-state index contributed by atoms with van der Waals surface area (Å²) in [5.74, 6) is -1.82. The van der Waals surface area contributed by atoms with Gasteiger partial charge in [0, 0.05) is 23.1 Å². The second kappa shape index (κ2) is 7.92. The molecule has 4 aromatic carbocycles. The second-order valence-electron chi connectivity index (χ2n) is 6.29. The summed E-state index contributed by atoms with van der Waals surface area (Å²) < 4.78 is 29.0. The summed E-state index contributed by atoms with van der Waals surface area (Å²) in [6, 6.07) is 31.2. The number of nitrogens with one attached hydrogen (secondary N) is 1. The molecule has 0 saturated heterocycles. The van der Waals surface area contributed by atoms with Crippen LogP contribution in [0.15, 0.2) is 103 Å². The van der Waals surface area contributed by atoms with Crippen LogP contribution >= 0.6 is 0 Å². The number of halogens is 2. The van der Waals surface area contributed by atoms with Gasteiger partial charge in [0.05, 0.1) is 11.4 Å². The molecule has 4 rings (SSSR count). The highest BCUT2D eigenvalue weighted by Crippen LogP contribution is 2.37. The van der Waals surface area contributed by atoms with Gasteiger partial charge in [0.1, 0.15) is 0 Å². The molecule has 0 bridgehead atoms. The molecule has 2 nitrogen and oxygen atoms in total. The number of nitrogens with zero attached hydrogens (tertiary/aromatic N) is 1. The van der Waals surface area contributed by atoms with E-state index in [1.807, 2.05) is 83.8 Å². The van der Waals surface area contributed by atoms with Gasteiger partial charge in [-0.05, 0) is 42.5 Å². The van der Waals surface area contributed by atoms with E-state index in [1.54, 1.807) is 18.2 Å². The maximum absolute atomic E-state index is 14.5. The predicted molar refractivity (Wildman–Crippen MR) is 111 cm³/mol. The zero-order valence-electron chi connectivity index (χ0n) is 15.0. The van der Waals surface area contributed by atoms with Gasteiger partial charge in [-0.25, -0.2) is 8.78 Å². The molecule has 0 radical (unpaired) electrons. The van der Waals surface area contributed by atoms with Crippen LogP contribution in [-0.2, 0) is 0 Å². The lowest BCUT2D eigenvalue weighted by Crippen LogP contribution is -2.11. The summed E-state index contributed by atoms with van der Waals surface area (Å²) in [7, 11) is 0. The first kappa shape index (κ1) is 17.7. The van der Waals surface area contributed by atoms with Gasteiger partial charge in [0.15, 0.2) is 11.6 Å². The largest absolute Gasteiger partial charge is 0.353 e. The van der Waals surface area contributed by atoms with Crippen LogP contribution in [0.25, 0.3) is 0 Å². The van der Waals surface area contributed by atoms with Crippen molar-refractivity contribution in [3.8, 4) is 0 Å². The molecular weight excluding hydrogens is 354 g/mol. The fraction of sp³-hybridized carbons (Fsp3) is 0. The second-order valence-corrected chi connectivity index (χ2v) is 6.29. The molecule has 0 aliphatic carbocycles. The molecule has 0 heterocycles. The third-order valence-electron chi connectivity index (χ3n) is 4.35. The fourth-order valence-corrected chi connectivity index (χ4v) is 3.07. The number of hydrogen-bond acceptors (Lipinski definition) is 2. The Kier molecular flexibility index (Phi) is 5.02. The zero-order valence-corrected chi connectivity index (χ0v) is 15.0. The lowest BCUT2D eigenvalue weighted by molar-refractivity contribution is 0.512. The topological polar surface area (TPSA) is 15.3 Å². The molecule has 0 unspecified atom stereocenters. The Morgan fingerprint density at radius 2 is 1.07 bits per heavy atom. The number of para-hydroxylation sites is 3. The van der Waals surface area contributed by atoms with Crippen molar-refractivity contribution in [1.82, 2.24) is 0 Å². The normalized spacial score (nSPS) is 10.5. The Bertz CT molecular complexity index is 1010. The Morgan fingerprint density at radius 3 is 1.61 bits per heavy atom. The summed E-state index contributed by atoms with van der Waals surface area (Å²) in [4.78, 5) is 1.89. The first-order chi connectivity index (χ1) is 13.7. The van der Waals surface area contributed by atoms with Gasteiger partial charge in [-0.3, -0.25) is 0 Å². The van der Waals surface area contributed by atoms with E-state index in [2.05, 4.69) is 5.32 Å². The molecule has 0 atom stereocenters. The molecule has 0 aliphatic heterocycles. The minimum Gasteiger partial charge on any atom is -0.353 e. The predicted octanol–water partition coefficient (Wildman–Crippen LogP) is 7.18. The summed E-state index contributed by atoms with van der Waals surface area (Å²) in [6.45, 7) is 0. The number of anilines is 5. The molecular formula is C24H18F2N2. The standard InChI is InChI=1S/C24H18F2N2/c25-22-16-21(17-23(24(22)26)27-18-10-4-1-5-11-18)28(19-12-6-2-7-13-19)20-14-8-3-9-15-20/h1-17,27H. The minimum atomic E-state index is -0.909. The van der Waals surface area contributed by atoms with E-state index in [4.69, 9.17) is 0 Å². The first-order valence-corrected chi connectivity index (χ1v) is 8.94. The molecule has 0 amide bonds. The third kappa shape index (κ3) is 3.71. The van der Waals surface area contributed by atoms with Gasteiger partial charge in [-0.15, -0.1) is 0 Å². The van der Waals surface area contributed by atoms with E-state index in [0.29, 0.717) is 11.4 Å². The highest BCUT2D eigenvalue weighted by molar-refractivity contribution is 5.79. The van der Waals surface area contributed by atoms with Crippen LogP contribution in [0.5, 0.6) is 0 Å². The Labute approximate surface area is 162 Å². The van der Waals surface area contributed by atoms with Gasteiger partial charge in [0.2, 0.25) is 0 Å². The van der Waals surface area contributed by atoms with Crippen molar-refractivity contribution < 1.29 is 8.78 Å². The SMILES string of the molecule is Fc1cc(N(c2ccccc2)c2ccccc2)cc(Nc2ccccc2)c1F. The average Bonchev–Trinajstić information content (AvgIpc) is 2.74. The molecule has 4 heteroatoms. The van der Waals surface area contributed by atoms with E-state index in [-0.39, 0.29) is 5.69 Å². The van der Waals surface area contributed by atoms with Crippen LogP contribution < -0.4 is 10.2 Å². The quantitative estimate of drug-likeness (QED) is 0.399. The third-order valence-corrected chi connectivity index (χ3v) is 4.35. The van der Waals surface area contributed by atoms with Gasteiger partial charge in [-0.1, -0.05) is 54.6 Å². The van der Waals surface area contributed by atoms with Crippen LogP contribution in [0.2, 0.25) is 0 Å². The lowest BCUT2D eigenvalue weighted by Gasteiger charge is -2.26. The Morgan fingerprint density at radius 1 is 0.571 bits per heavy atom. The van der Waals surface area contributed by atoms with Gasteiger partial charge in [0.25, 0.3) is 0 Å². The average molecular weight is 372 g/mol. The van der Waals surface area contributed by atoms with Crippen LogP contribution in [0, 0.1) is 11.6 Å². The molecule has 1 N–H and O–H groups in total. The highest BCUT2D eigenvalue weighted by Gasteiger charge is 2.17.